The number of carbonyl (C=O) groups is 1. The van der Waals surface area contributed by atoms with Gasteiger partial charge in [-0.05, 0) is 0 Å². The summed E-state index contributed by atoms with van der Waals surface area (Å²) in [7, 11) is 0. The van der Waals surface area contributed by atoms with Crippen molar-refractivity contribution in [1.29, 1.82) is 0 Å². The molecule has 0 bridgehead atoms. The average molecular weight is 362 g/mol. The van der Waals surface area contributed by atoms with E-state index in [1.807, 2.05) is 5.10 Å². The molecule has 23 heavy (non-hydrogen) atoms. The Hall–Kier alpha value is -2.30. The molecule has 0 aliphatic rings. The van der Waals surface area contributed by atoms with Crippen LogP contribution in [0.5, 0.6) is 0 Å². The summed E-state index contributed by atoms with van der Waals surface area (Å²) in [5, 5.41) is 6.43. The number of nitrogens with zero attached hydrogens (tertiary/aromatic N) is 1. The van der Waals surface area contributed by atoms with Crippen molar-refractivity contribution in [3.8, 4) is 0 Å². The van der Waals surface area contributed by atoms with Crippen molar-refractivity contribution in [3.63, 3.8) is 0 Å². The summed E-state index contributed by atoms with van der Waals surface area (Å²) in [6, 6.07) is 0. The van der Waals surface area contributed by atoms with E-state index < -0.39 is 52.3 Å². The Kier molecular flexibility index (Phi) is 4.24. The third-order valence-electron chi connectivity index (χ3n) is 2.61. The molecule has 2 rings (SSSR count). The van der Waals surface area contributed by atoms with Crippen molar-refractivity contribution in [2.75, 3.05) is 5.32 Å². The third-order valence-corrected chi connectivity index (χ3v) is 2.89. The summed E-state index contributed by atoms with van der Waals surface area (Å²) in [5.41, 5.74) is -5.00. The second kappa shape index (κ2) is 5.72. The molecule has 1 heterocycles. The lowest BCUT2D eigenvalue weighted by Gasteiger charge is -2.14. The zero-order valence-corrected chi connectivity index (χ0v) is 11.2. The van der Waals surface area contributed by atoms with Crippen molar-refractivity contribution in [3.05, 3.63) is 45.7 Å². The van der Waals surface area contributed by atoms with Crippen LogP contribution in [0.1, 0.15) is 16.1 Å². The lowest BCUT2D eigenvalue weighted by atomic mass is 10.1. The molecule has 12 heteroatoms. The highest BCUT2D eigenvalue weighted by atomic mass is 35.5. The zero-order valence-electron chi connectivity index (χ0n) is 10.5. The number of hydrogen-bond donors (Lipinski definition) is 2. The Morgan fingerprint density at radius 1 is 1.09 bits per heavy atom. The van der Waals surface area contributed by atoms with E-state index in [2.05, 4.69) is 5.10 Å². The summed E-state index contributed by atoms with van der Waals surface area (Å²) >= 11 is 5.49. The molecular formula is C11H3ClF7N3O. The second-order valence-corrected chi connectivity index (χ2v) is 4.46. The lowest BCUT2D eigenvalue weighted by Crippen LogP contribution is -2.20. The third kappa shape index (κ3) is 2.96. The Labute approximate surface area is 127 Å². The van der Waals surface area contributed by atoms with E-state index in [1.165, 1.54) is 5.32 Å². The molecule has 0 saturated heterocycles. The summed E-state index contributed by atoms with van der Waals surface area (Å²) in [4.78, 5) is 11.6. The lowest BCUT2D eigenvalue weighted by molar-refractivity contribution is -0.143. The monoisotopic (exact) mass is 361 g/mol. The van der Waals surface area contributed by atoms with E-state index >= 15 is 0 Å². The number of nitrogens with one attached hydrogen (secondary N) is 2. The molecule has 0 aliphatic carbocycles. The number of carbonyl (C=O) groups excluding carboxylic acids is 1. The van der Waals surface area contributed by atoms with Gasteiger partial charge < -0.3 is 5.32 Å². The van der Waals surface area contributed by atoms with Gasteiger partial charge in [0.05, 0.1) is 11.2 Å². The molecule has 0 spiro atoms. The number of hydrogen-bond acceptors (Lipinski definition) is 2. The number of anilines is 1. The van der Waals surface area contributed by atoms with Crippen LogP contribution in [0.25, 0.3) is 0 Å². The molecule has 0 saturated carbocycles. The van der Waals surface area contributed by atoms with Crippen molar-refractivity contribution >= 4 is 23.2 Å². The fraction of sp³-hybridized carbons (Fsp3) is 0.0909. The molecular weight excluding hydrogens is 359 g/mol. The molecule has 1 aromatic carbocycles. The average Bonchev–Trinajstić information content (AvgIpc) is 2.86. The number of H-pyrrole nitrogens is 1. The van der Waals surface area contributed by atoms with Crippen LogP contribution in [-0.4, -0.2) is 16.1 Å². The molecule has 2 aromatic rings. The van der Waals surface area contributed by atoms with Crippen LogP contribution < -0.4 is 5.32 Å². The maximum atomic E-state index is 13.6. The second-order valence-electron chi connectivity index (χ2n) is 4.05. The maximum Gasteiger partial charge on any atom is 0.422 e. The number of halogens is 8. The summed E-state index contributed by atoms with van der Waals surface area (Å²) in [6.07, 6.45) is -4.73. The Morgan fingerprint density at radius 2 is 1.61 bits per heavy atom. The van der Waals surface area contributed by atoms with Gasteiger partial charge in [0.2, 0.25) is 0 Å². The van der Waals surface area contributed by atoms with E-state index in [9.17, 15) is 35.5 Å². The van der Waals surface area contributed by atoms with Crippen LogP contribution >= 0.6 is 11.6 Å². The summed E-state index contributed by atoms with van der Waals surface area (Å²) in [6.45, 7) is 0. The molecule has 0 fully saturated rings. The van der Waals surface area contributed by atoms with Crippen molar-refractivity contribution in [2.45, 2.75) is 6.18 Å². The molecule has 0 aliphatic heterocycles. The molecule has 0 unspecified atom stereocenters. The van der Waals surface area contributed by atoms with E-state index in [-0.39, 0.29) is 5.02 Å². The number of aromatic nitrogens is 2. The Morgan fingerprint density at radius 3 is 2.00 bits per heavy atom. The van der Waals surface area contributed by atoms with Crippen LogP contribution in [0.4, 0.5) is 36.4 Å². The molecule has 124 valence electrons. The highest BCUT2D eigenvalue weighted by molar-refractivity contribution is 6.34. The first kappa shape index (κ1) is 17.1. The van der Waals surface area contributed by atoms with Crippen molar-refractivity contribution < 1.29 is 35.5 Å². The van der Waals surface area contributed by atoms with E-state index in [0.717, 1.165) is 6.20 Å². The van der Waals surface area contributed by atoms with Crippen LogP contribution in [0.2, 0.25) is 5.02 Å². The number of benzene rings is 1. The van der Waals surface area contributed by atoms with Gasteiger partial charge in [-0.1, -0.05) is 11.6 Å². The molecule has 1 aromatic heterocycles. The minimum absolute atomic E-state index is 0.295. The van der Waals surface area contributed by atoms with Crippen molar-refractivity contribution in [2.24, 2.45) is 0 Å². The highest BCUT2D eigenvalue weighted by Crippen LogP contribution is 2.38. The number of alkyl halides is 3. The molecule has 2 N–H and O–H groups in total. The first-order valence-corrected chi connectivity index (χ1v) is 5.86. The molecule has 1 amide bonds. The normalized spacial score (nSPS) is 11.7. The Balaban J connectivity index is 2.53. The zero-order chi connectivity index (χ0) is 17.5. The highest BCUT2D eigenvalue weighted by Gasteiger charge is 2.42. The van der Waals surface area contributed by atoms with Gasteiger partial charge in [0, 0.05) is 0 Å². The number of amides is 1. The standard InChI is InChI=1S/C11H3ClF7N3O/c12-2-1-20-22-8(2)10(23)21-9-6(15)4(13)3(11(17,18)19)5(14)7(9)16/h1H,(H,20,22)(H,21,23). The van der Waals surface area contributed by atoms with Crippen LogP contribution in [0, 0.1) is 23.3 Å². The smallest absolute Gasteiger partial charge is 0.315 e. The van der Waals surface area contributed by atoms with Crippen molar-refractivity contribution in [1.82, 2.24) is 10.2 Å². The largest absolute Gasteiger partial charge is 0.422 e. The van der Waals surface area contributed by atoms with E-state index in [4.69, 9.17) is 11.6 Å². The predicted octanol–water partition coefficient (Wildman–Crippen LogP) is 3.89. The van der Waals surface area contributed by atoms with Gasteiger partial charge in [0.25, 0.3) is 5.91 Å². The quantitative estimate of drug-likeness (QED) is 0.630. The van der Waals surface area contributed by atoms with Gasteiger partial charge in [-0.2, -0.15) is 18.3 Å². The minimum Gasteiger partial charge on any atom is -0.315 e. The summed E-state index contributed by atoms with van der Waals surface area (Å²) in [5.74, 6) is -11.6. The first-order chi connectivity index (χ1) is 10.6. The van der Waals surface area contributed by atoms with Gasteiger partial charge in [-0.25, -0.2) is 17.6 Å². The number of rotatable bonds is 2. The fourth-order valence-electron chi connectivity index (χ4n) is 1.60. The van der Waals surface area contributed by atoms with Gasteiger partial charge in [0.15, 0.2) is 23.3 Å². The number of aromatic amines is 1. The van der Waals surface area contributed by atoms with Gasteiger partial charge >= 0.3 is 6.18 Å². The molecule has 0 atom stereocenters. The Bertz CT molecular complexity index is 758. The van der Waals surface area contributed by atoms with E-state index in [1.54, 1.807) is 0 Å². The van der Waals surface area contributed by atoms with Crippen LogP contribution in [0.3, 0.4) is 0 Å². The topological polar surface area (TPSA) is 57.8 Å². The SMILES string of the molecule is O=C(Nc1c(F)c(F)c(C(F)(F)F)c(F)c1F)c1[nH]ncc1Cl. The first-order valence-electron chi connectivity index (χ1n) is 5.49. The predicted molar refractivity (Wildman–Crippen MR) is 62.8 cm³/mol. The molecule has 4 nitrogen and oxygen atoms in total. The minimum atomic E-state index is -5.68. The fourth-order valence-corrected chi connectivity index (χ4v) is 1.77. The van der Waals surface area contributed by atoms with Gasteiger partial charge in [-0.15, -0.1) is 0 Å². The van der Waals surface area contributed by atoms with Gasteiger partial charge in [0.1, 0.15) is 16.9 Å². The van der Waals surface area contributed by atoms with Crippen LogP contribution in [0.15, 0.2) is 6.20 Å². The maximum absolute atomic E-state index is 13.6. The summed E-state index contributed by atoms with van der Waals surface area (Å²) < 4.78 is 91.1. The van der Waals surface area contributed by atoms with Crippen LogP contribution in [-0.2, 0) is 6.18 Å². The van der Waals surface area contributed by atoms with E-state index in [0.29, 0.717) is 0 Å². The molecule has 0 radical (unpaired) electrons. The van der Waals surface area contributed by atoms with Gasteiger partial charge in [-0.3, -0.25) is 9.89 Å².